The predicted molar refractivity (Wildman–Crippen MR) is 68.3 cm³/mol. The number of rotatable bonds is 4. The van der Waals surface area contributed by atoms with Gasteiger partial charge in [0.05, 0.1) is 6.61 Å². The van der Waals surface area contributed by atoms with Crippen LogP contribution in [0.3, 0.4) is 0 Å². The van der Waals surface area contributed by atoms with Gasteiger partial charge in [-0.15, -0.1) is 0 Å². The molecule has 0 aromatic heterocycles. The molecule has 1 rings (SSSR count). The Morgan fingerprint density at radius 3 is 2.75 bits per heavy atom. The minimum atomic E-state index is -0.471. The first kappa shape index (κ1) is 13.8. The van der Waals surface area contributed by atoms with Crippen LogP contribution in [0.2, 0.25) is 0 Å². The van der Waals surface area contributed by atoms with Gasteiger partial charge in [-0.1, -0.05) is 18.4 Å². The molecule has 1 unspecified atom stereocenters. The fraction of sp³-hybridized carbons (Fsp3) is 0.917. The number of carbonyl (C=O) groups excluding carboxylic acids is 1. The Hall–Kier alpha value is -0.220. The van der Waals surface area contributed by atoms with Crippen LogP contribution in [0.25, 0.3) is 0 Å². The van der Waals surface area contributed by atoms with E-state index in [2.05, 4.69) is 11.2 Å². The van der Waals surface area contributed by atoms with Crippen LogP contribution in [0.15, 0.2) is 0 Å². The third-order valence-corrected chi connectivity index (χ3v) is 4.25. The van der Waals surface area contributed by atoms with E-state index in [1.54, 1.807) is 11.9 Å². The van der Waals surface area contributed by atoms with Crippen molar-refractivity contribution >= 4 is 17.9 Å². The molecular weight excluding hydrogens is 222 g/mol. The van der Waals surface area contributed by atoms with E-state index in [1.165, 1.54) is 19.3 Å². The molecule has 1 atom stereocenters. The minimum Gasteiger partial charge on any atom is -0.465 e. The summed E-state index contributed by atoms with van der Waals surface area (Å²) < 4.78 is 6.96. The molecule has 3 nitrogen and oxygen atoms in total. The van der Waals surface area contributed by atoms with Crippen molar-refractivity contribution in [2.45, 2.75) is 57.7 Å². The Morgan fingerprint density at radius 1 is 1.50 bits per heavy atom. The van der Waals surface area contributed by atoms with E-state index in [-0.39, 0.29) is 5.97 Å². The van der Waals surface area contributed by atoms with Crippen LogP contribution in [0.5, 0.6) is 0 Å². The smallest absolute Gasteiger partial charge is 0.322 e. The number of hydrogen-bond acceptors (Lipinski definition) is 4. The summed E-state index contributed by atoms with van der Waals surface area (Å²) in [7, 11) is 0. The number of nitrogens with zero attached hydrogens (tertiary/aromatic N) is 1. The summed E-state index contributed by atoms with van der Waals surface area (Å²) in [4.78, 5) is 11.8. The Kier molecular flexibility index (Phi) is 5.12. The van der Waals surface area contributed by atoms with Crippen molar-refractivity contribution < 1.29 is 9.53 Å². The summed E-state index contributed by atoms with van der Waals surface area (Å²) in [6.45, 7) is 9.50. The van der Waals surface area contributed by atoms with Crippen molar-refractivity contribution in [3.8, 4) is 0 Å². The van der Waals surface area contributed by atoms with Crippen LogP contribution in [0.1, 0.15) is 47.0 Å². The van der Waals surface area contributed by atoms with Crippen LogP contribution in [-0.2, 0) is 9.53 Å². The third kappa shape index (κ3) is 3.67. The van der Waals surface area contributed by atoms with Gasteiger partial charge in [0.25, 0.3) is 0 Å². The zero-order valence-corrected chi connectivity index (χ0v) is 11.6. The van der Waals surface area contributed by atoms with Gasteiger partial charge in [0, 0.05) is 12.6 Å². The maximum Gasteiger partial charge on any atom is 0.322 e. The molecule has 0 aromatic carbocycles. The van der Waals surface area contributed by atoms with E-state index in [0.717, 1.165) is 6.54 Å². The fourth-order valence-corrected chi connectivity index (χ4v) is 3.07. The highest BCUT2D eigenvalue weighted by atomic mass is 32.2. The molecule has 0 radical (unpaired) electrons. The van der Waals surface area contributed by atoms with E-state index >= 15 is 0 Å². The molecule has 0 aliphatic carbocycles. The molecule has 94 valence electrons. The van der Waals surface area contributed by atoms with Crippen molar-refractivity contribution in [2.24, 2.45) is 0 Å². The Labute approximate surface area is 103 Å². The number of hydrogen-bond donors (Lipinski definition) is 0. The lowest BCUT2D eigenvalue weighted by atomic mass is 10.1. The number of piperidine rings is 1. The van der Waals surface area contributed by atoms with E-state index in [9.17, 15) is 4.79 Å². The lowest BCUT2D eigenvalue weighted by Gasteiger charge is -2.36. The first-order valence-corrected chi connectivity index (χ1v) is 6.87. The largest absolute Gasteiger partial charge is 0.465 e. The maximum absolute atomic E-state index is 11.8. The Morgan fingerprint density at radius 2 is 2.19 bits per heavy atom. The van der Waals surface area contributed by atoms with Crippen LogP contribution < -0.4 is 0 Å². The summed E-state index contributed by atoms with van der Waals surface area (Å²) in [6.07, 6.45) is 3.76. The molecule has 1 heterocycles. The molecule has 16 heavy (non-hydrogen) atoms. The highest BCUT2D eigenvalue weighted by Gasteiger charge is 2.34. The molecule has 1 aliphatic heterocycles. The quantitative estimate of drug-likeness (QED) is 0.562. The van der Waals surface area contributed by atoms with Gasteiger partial charge < -0.3 is 4.74 Å². The van der Waals surface area contributed by atoms with Crippen LogP contribution >= 0.6 is 11.9 Å². The van der Waals surface area contributed by atoms with Gasteiger partial charge in [-0.3, -0.25) is 4.79 Å². The van der Waals surface area contributed by atoms with Gasteiger partial charge in [-0.25, -0.2) is 4.31 Å². The number of carbonyl (C=O) groups is 1. The highest BCUT2D eigenvalue weighted by molar-refractivity contribution is 7.99. The van der Waals surface area contributed by atoms with Crippen molar-refractivity contribution in [1.82, 2.24) is 4.31 Å². The zero-order chi connectivity index (χ0) is 12.2. The van der Waals surface area contributed by atoms with E-state index in [1.807, 2.05) is 20.8 Å². The van der Waals surface area contributed by atoms with E-state index in [0.29, 0.717) is 12.6 Å². The average molecular weight is 245 g/mol. The highest BCUT2D eigenvalue weighted by Crippen LogP contribution is 2.34. The second-order valence-electron chi connectivity index (χ2n) is 4.81. The number of esters is 1. The molecule has 0 aromatic rings. The topological polar surface area (TPSA) is 29.5 Å². The normalized spacial score (nSPS) is 23.1. The monoisotopic (exact) mass is 245 g/mol. The summed E-state index contributed by atoms with van der Waals surface area (Å²) >= 11 is 1.64. The van der Waals surface area contributed by atoms with Crippen molar-refractivity contribution in [2.75, 3.05) is 13.2 Å². The predicted octanol–water partition coefficient (Wildman–Crippen LogP) is 2.85. The van der Waals surface area contributed by atoms with E-state index < -0.39 is 4.75 Å². The second kappa shape index (κ2) is 5.92. The minimum absolute atomic E-state index is 0.113. The van der Waals surface area contributed by atoms with Gasteiger partial charge in [0.2, 0.25) is 0 Å². The maximum atomic E-state index is 11.8. The van der Waals surface area contributed by atoms with Crippen LogP contribution in [0.4, 0.5) is 0 Å². The molecule has 1 fully saturated rings. The molecule has 0 spiro atoms. The lowest BCUT2D eigenvalue weighted by molar-refractivity contribution is -0.145. The van der Waals surface area contributed by atoms with Gasteiger partial charge in [0.1, 0.15) is 4.75 Å². The zero-order valence-electron chi connectivity index (χ0n) is 10.8. The van der Waals surface area contributed by atoms with Crippen molar-refractivity contribution in [3.63, 3.8) is 0 Å². The van der Waals surface area contributed by atoms with Crippen LogP contribution in [-0.4, -0.2) is 34.2 Å². The molecule has 0 amide bonds. The molecular formula is C12H23NO2S. The lowest BCUT2D eigenvalue weighted by Crippen LogP contribution is -2.40. The van der Waals surface area contributed by atoms with Crippen molar-refractivity contribution in [1.29, 1.82) is 0 Å². The van der Waals surface area contributed by atoms with Crippen molar-refractivity contribution in [3.05, 3.63) is 0 Å². The molecule has 1 aliphatic rings. The Bertz CT molecular complexity index is 243. The molecule has 1 saturated heterocycles. The summed E-state index contributed by atoms with van der Waals surface area (Å²) in [5.41, 5.74) is 0. The number of ether oxygens (including phenoxy) is 1. The van der Waals surface area contributed by atoms with Gasteiger partial charge in [-0.05, 0) is 40.5 Å². The first-order valence-electron chi connectivity index (χ1n) is 6.10. The molecule has 0 N–H and O–H groups in total. The van der Waals surface area contributed by atoms with Gasteiger partial charge in [-0.2, -0.15) is 0 Å². The molecule has 0 saturated carbocycles. The SMILES string of the molecule is CCOC(=O)C(C)(C)SN1CCCCC1C. The average Bonchev–Trinajstić information content (AvgIpc) is 2.21. The molecule has 0 bridgehead atoms. The second-order valence-corrected chi connectivity index (χ2v) is 6.48. The summed E-state index contributed by atoms with van der Waals surface area (Å²) in [5, 5.41) is 0. The fourth-order valence-electron chi connectivity index (χ4n) is 1.84. The third-order valence-electron chi connectivity index (χ3n) is 2.85. The molecule has 4 heteroatoms. The van der Waals surface area contributed by atoms with E-state index in [4.69, 9.17) is 4.74 Å². The van der Waals surface area contributed by atoms with Crippen LogP contribution in [0, 0.1) is 0 Å². The van der Waals surface area contributed by atoms with Gasteiger partial charge >= 0.3 is 5.97 Å². The summed E-state index contributed by atoms with van der Waals surface area (Å²) in [5.74, 6) is -0.113. The first-order chi connectivity index (χ1) is 7.47. The standard InChI is InChI=1S/C12H23NO2S/c1-5-15-11(14)12(3,4)16-13-9-7-6-8-10(13)2/h10H,5-9H2,1-4H3. The summed E-state index contributed by atoms with van der Waals surface area (Å²) in [6, 6.07) is 0.562. The Balaban J connectivity index is 2.53. The van der Waals surface area contributed by atoms with Gasteiger partial charge in [0.15, 0.2) is 0 Å².